The van der Waals surface area contributed by atoms with Gasteiger partial charge in [0.05, 0.1) is 10.5 Å². The second-order valence-corrected chi connectivity index (χ2v) is 4.20. The van der Waals surface area contributed by atoms with Gasteiger partial charge in [-0.2, -0.15) is 0 Å². The number of benzene rings is 1. The molecule has 8 heteroatoms. The highest BCUT2D eigenvalue weighted by molar-refractivity contribution is 6.35. The predicted molar refractivity (Wildman–Crippen MR) is 65.5 cm³/mol. The van der Waals surface area contributed by atoms with E-state index in [2.05, 4.69) is 5.16 Å². The summed E-state index contributed by atoms with van der Waals surface area (Å²) in [4.78, 5) is 35.5. The highest BCUT2D eigenvalue weighted by Gasteiger charge is 2.42. The molecule has 2 amide bonds. The Morgan fingerprint density at radius 3 is 2.65 bits per heavy atom. The summed E-state index contributed by atoms with van der Waals surface area (Å²) < 4.78 is 4.82. The van der Waals surface area contributed by atoms with Gasteiger partial charge in [-0.3, -0.25) is 19.7 Å². The summed E-state index contributed by atoms with van der Waals surface area (Å²) in [6.07, 6.45) is 0. The zero-order valence-electron chi connectivity index (χ0n) is 10.2. The topological polar surface area (TPSA) is 107 Å². The van der Waals surface area contributed by atoms with Crippen molar-refractivity contribution < 1.29 is 19.0 Å². The fourth-order valence-electron chi connectivity index (χ4n) is 2.09. The number of hydrogen-bond donors (Lipinski definition) is 0. The number of aromatic nitrogens is 1. The summed E-state index contributed by atoms with van der Waals surface area (Å²) >= 11 is 0. The number of nitrogens with zero attached hydrogens (tertiary/aromatic N) is 3. The lowest BCUT2D eigenvalue weighted by Crippen LogP contribution is -2.29. The summed E-state index contributed by atoms with van der Waals surface area (Å²) in [6.45, 7) is 1.61. The van der Waals surface area contributed by atoms with E-state index < -0.39 is 22.4 Å². The van der Waals surface area contributed by atoms with Crippen molar-refractivity contribution >= 4 is 23.3 Å². The quantitative estimate of drug-likeness (QED) is 0.468. The highest BCUT2D eigenvalue weighted by atomic mass is 16.6. The van der Waals surface area contributed by atoms with Crippen molar-refractivity contribution in [1.82, 2.24) is 5.16 Å². The molecule has 1 aromatic heterocycles. The number of rotatable bonds is 2. The Morgan fingerprint density at radius 2 is 2.05 bits per heavy atom. The number of nitro benzene ring substituents is 1. The molecule has 20 heavy (non-hydrogen) atoms. The smallest absolute Gasteiger partial charge is 0.283 e. The third-order valence-electron chi connectivity index (χ3n) is 2.93. The summed E-state index contributed by atoms with van der Waals surface area (Å²) in [5.74, 6) is -0.985. The molecular formula is C12H7N3O5. The molecule has 0 unspecified atom stereocenters. The first-order valence-electron chi connectivity index (χ1n) is 5.60. The van der Waals surface area contributed by atoms with Gasteiger partial charge in [-0.15, -0.1) is 0 Å². The largest absolute Gasteiger partial charge is 0.360 e. The van der Waals surface area contributed by atoms with Crippen molar-refractivity contribution in [3.05, 3.63) is 51.3 Å². The van der Waals surface area contributed by atoms with Crippen molar-refractivity contribution in [2.75, 3.05) is 4.90 Å². The van der Waals surface area contributed by atoms with Gasteiger partial charge < -0.3 is 4.52 Å². The van der Waals surface area contributed by atoms with Crippen molar-refractivity contribution in [2.45, 2.75) is 6.92 Å². The molecule has 0 N–H and O–H groups in total. The number of carbonyl (C=O) groups excluding carboxylic acids is 2. The van der Waals surface area contributed by atoms with Gasteiger partial charge in [0.1, 0.15) is 11.3 Å². The van der Waals surface area contributed by atoms with Gasteiger partial charge in [0.2, 0.25) is 0 Å². The van der Waals surface area contributed by atoms with E-state index >= 15 is 0 Å². The van der Waals surface area contributed by atoms with Gasteiger partial charge in [0, 0.05) is 12.1 Å². The fraction of sp³-hybridized carbons (Fsp3) is 0.0833. The number of fused-ring (bicyclic) bond motifs is 1. The van der Waals surface area contributed by atoms with Gasteiger partial charge in [-0.05, 0) is 13.0 Å². The van der Waals surface area contributed by atoms with Crippen LogP contribution in [0.5, 0.6) is 0 Å². The lowest BCUT2D eigenvalue weighted by Gasteiger charge is -2.07. The fourth-order valence-corrected chi connectivity index (χ4v) is 2.09. The van der Waals surface area contributed by atoms with E-state index in [1.54, 1.807) is 6.92 Å². The van der Waals surface area contributed by atoms with Crippen LogP contribution in [0.25, 0.3) is 0 Å². The number of nitro groups is 1. The van der Waals surface area contributed by atoms with Crippen LogP contribution in [0.1, 0.15) is 26.5 Å². The Labute approximate surface area is 111 Å². The molecule has 0 aliphatic carbocycles. The van der Waals surface area contributed by atoms with Gasteiger partial charge in [0.15, 0.2) is 5.82 Å². The molecule has 2 heterocycles. The third-order valence-corrected chi connectivity index (χ3v) is 2.93. The molecule has 1 aromatic carbocycles. The Balaban J connectivity index is 2.18. The molecule has 0 fully saturated rings. The minimum atomic E-state index is -0.773. The minimum absolute atomic E-state index is 0.00940. The monoisotopic (exact) mass is 273 g/mol. The van der Waals surface area contributed by atoms with Gasteiger partial charge in [0.25, 0.3) is 17.5 Å². The van der Waals surface area contributed by atoms with E-state index in [1.807, 2.05) is 0 Å². The van der Waals surface area contributed by atoms with E-state index in [1.165, 1.54) is 24.3 Å². The summed E-state index contributed by atoms with van der Waals surface area (Å²) in [5, 5.41) is 14.5. The number of imide groups is 1. The van der Waals surface area contributed by atoms with Crippen LogP contribution in [-0.2, 0) is 0 Å². The van der Waals surface area contributed by atoms with Gasteiger partial charge >= 0.3 is 0 Å². The molecule has 100 valence electrons. The Bertz CT molecular complexity index is 764. The maximum atomic E-state index is 12.3. The van der Waals surface area contributed by atoms with Crippen LogP contribution in [-0.4, -0.2) is 21.9 Å². The van der Waals surface area contributed by atoms with Crippen molar-refractivity contribution in [1.29, 1.82) is 0 Å². The van der Waals surface area contributed by atoms with Crippen LogP contribution in [0.4, 0.5) is 11.5 Å². The molecule has 0 saturated carbocycles. The lowest BCUT2D eigenvalue weighted by molar-refractivity contribution is -0.385. The Morgan fingerprint density at radius 1 is 1.30 bits per heavy atom. The first-order chi connectivity index (χ1) is 9.50. The molecular weight excluding hydrogens is 266 g/mol. The maximum absolute atomic E-state index is 12.3. The summed E-state index contributed by atoms with van der Waals surface area (Å²) in [6, 6.07) is 5.32. The molecule has 0 radical (unpaired) electrons. The predicted octanol–water partition coefficient (Wildman–Crippen LogP) is 1.69. The van der Waals surface area contributed by atoms with E-state index in [-0.39, 0.29) is 16.9 Å². The molecule has 1 aliphatic rings. The third kappa shape index (κ3) is 1.51. The van der Waals surface area contributed by atoms with Crippen molar-refractivity contribution in [3.63, 3.8) is 0 Å². The molecule has 0 atom stereocenters. The number of anilines is 1. The maximum Gasteiger partial charge on any atom is 0.283 e. The molecule has 8 nitrogen and oxygen atoms in total. The number of hydrogen-bond acceptors (Lipinski definition) is 6. The molecule has 3 rings (SSSR count). The van der Waals surface area contributed by atoms with Crippen LogP contribution < -0.4 is 4.90 Å². The highest BCUT2D eigenvalue weighted by Crippen LogP contribution is 2.33. The standard InChI is InChI=1S/C12H7N3O5/c1-6-5-9(13-20-6)14-11(16)7-3-2-4-8(15(18)19)10(7)12(14)17/h2-5H,1H3. The first-order valence-corrected chi connectivity index (χ1v) is 5.60. The number of aryl methyl sites for hydroxylation is 1. The van der Waals surface area contributed by atoms with Gasteiger partial charge in [-0.25, -0.2) is 4.90 Å². The van der Waals surface area contributed by atoms with Crippen LogP contribution in [0.3, 0.4) is 0 Å². The number of carbonyl (C=O) groups is 2. The zero-order chi connectivity index (χ0) is 14.4. The molecule has 0 spiro atoms. The summed E-state index contributed by atoms with van der Waals surface area (Å²) in [7, 11) is 0. The lowest BCUT2D eigenvalue weighted by atomic mass is 10.1. The molecule has 0 saturated heterocycles. The van der Waals surface area contributed by atoms with E-state index in [4.69, 9.17) is 4.52 Å². The molecule has 0 bridgehead atoms. The van der Waals surface area contributed by atoms with E-state index in [0.717, 1.165) is 4.90 Å². The zero-order valence-corrected chi connectivity index (χ0v) is 10.2. The average molecular weight is 273 g/mol. The minimum Gasteiger partial charge on any atom is -0.360 e. The van der Waals surface area contributed by atoms with Crippen LogP contribution in [0, 0.1) is 17.0 Å². The summed E-state index contributed by atoms with van der Waals surface area (Å²) in [5.41, 5.74) is -0.628. The van der Waals surface area contributed by atoms with Crippen LogP contribution >= 0.6 is 0 Å². The van der Waals surface area contributed by atoms with E-state index in [9.17, 15) is 19.7 Å². The SMILES string of the molecule is Cc1cc(N2C(=O)c3cccc([N+](=O)[O-])c3C2=O)no1. The van der Waals surface area contributed by atoms with Gasteiger partial charge in [-0.1, -0.05) is 11.2 Å². The van der Waals surface area contributed by atoms with Crippen molar-refractivity contribution in [3.8, 4) is 0 Å². The Hall–Kier alpha value is -3.03. The normalized spacial score (nSPS) is 13.8. The molecule has 1 aliphatic heterocycles. The number of amides is 2. The first kappa shape index (κ1) is 12.0. The van der Waals surface area contributed by atoms with Crippen LogP contribution in [0.15, 0.2) is 28.8 Å². The van der Waals surface area contributed by atoms with E-state index in [0.29, 0.717) is 5.76 Å². The molecule has 2 aromatic rings. The van der Waals surface area contributed by atoms with Crippen LogP contribution in [0.2, 0.25) is 0 Å². The average Bonchev–Trinajstić information content (AvgIpc) is 2.93. The second kappa shape index (κ2) is 3.98. The Kier molecular flexibility index (Phi) is 2.40. The van der Waals surface area contributed by atoms with Crippen molar-refractivity contribution in [2.24, 2.45) is 0 Å². The second-order valence-electron chi connectivity index (χ2n) is 4.20.